The molecule has 3 aliphatic heterocycles. The van der Waals surface area contributed by atoms with Crippen LogP contribution in [0, 0.1) is 6.92 Å². The monoisotopic (exact) mass is 521 g/mol. The van der Waals surface area contributed by atoms with Crippen molar-refractivity contribution in [1.82, 2.24) is 29.7 Å². The van der Waals surface area contributed by atoms with Crippen LogP contribution in [-0.2, 0) is 17.9 Å². The number of guanidine groups is 1. The molecule has 0 radical (unpaired) electrons. The zero-order valence-electron chi connectivity index (χ0n) is 22.6. The summed E-state index contributed by atoms with van der Waals surface area (Å²) in [7, 11) is 0. The third-order valence-electron chi connectivity index (χ3n) is 8.77. The number of benzene rings is 2. The van der Waals surface area contributed by atoms with Crippen LogP contribution in [0.25, 0.3) is 5.69 Å². The number of aliphatic imine (C=N–C) groups is 1. The first kappa shape index (κ1) is 24.3. The first-order valence-corrected chi connectivity index (χ1v) is 14.3. The lowest BCUT2D eigenvalue weighted by molar-refractivity contribution is -0.125. The highest BCUT2D eigenvalue weighted by Gasteiger charge is 2.41. The average Bonchev–Trinajstić information content (AvgIpc) is 3.74. The summed E-state index contributed by atoms with van der Waals surface area (Å²) in [6.45, 7) is 6.68. The summed E-state index contributed by atoms with van der Waals surface area (Å²) in [5, 5.41) is 8.84. The van der Waals surface area contributed by atoms with Crippen molar-refractivity contribution in [3.8, 4) is 5.69 Å². The summed E-state index contributed by atoms with van der Waals surface area (Å²) in [5.41, 5.74) is 7.86. The number of hydrogen-bond donors (Lipinski definition) is 0. The van der Waals surface area contributed by atoms with Gasteiger partial charge in [-0.15, -0.1) is 5.10 Å². The highest BCUT2D eigenvalue weighted by molar-refractivity contribution is 6.09. The summed E-state index contributed by atoms with van der Waals surface area (Å²) in [5.74, 6) is 1.50. The molecule has 0 N–H and O–H groups in total. The normalized spacial score (nSPS) is 20.0. The van der Waals surface area contributed by atoms with Crippen molar-refractivity contribution in [2.75, 3.05) is 26.2 Å². The molecule has 8 nitrogen and oxygen atoms in total. The summed E-state index contributed by atoms with van der Waals surface area (Å²) < 4.78 is 1.90. The Morgan fingerprint density at radius 2 is 1.79 bits per heavy atom. The lowest BCUT2D eigenvalue weighted by Gasteiger charge is -2.42. The maximum absolute atomic E-state index is 13.8. The van der Waals surface area contributed by atoms with E-state index in [0.29, 0.717) is 19.0 Å². The van der Waals surface area contributed by atoms with Gasteiger partial charge in [-0.1, -0.05) is 54.5 Å². The zero-order valence-corrected chi connectivity index (χ0v) is 22.6. The van der Waals surface area contributed by atoms with Crippen LogP contribution in [-0.4, -0.2) is 67.7 Å². The molecule has 0 unspecified atom stereocenters. The fraction of sp³-hybridized carbons (Fsp3) is 0.419. The minimum Gasteiger partial charge on any atom is -0.314 e. The predicted octanol–water partition coefficient (Wildman–Crippen LogP) is 4.41. The quantitative estimate of drug-likeness (QED) is 0.481. The second-order valence-electron chi connectivity index (χ2n) is 11.3. The number of fused-ring (bicyclic) bond motifs is 2. The summed E-state index contributed by atoms with van der Waals surface area (Å²) >= 11 is 0. The number of rotatable bonds is 6. The molecule has 1 amide bonds. The van der Waals surface area contributed by atoms with Crippen LogP contribution < -0.4 is 0 Å². The smallest absolute Gasteiger partial charge is 0.259 e. The Hall–Kier alpha value is -3.78. The van der Waals surface area contributed by atoms with Gasteiger partial charge in [0.1, 0.15) is 0 Å². The maximum atomic E-state index is 13.8. The Labute approximate surface area is 229 Å². The molecule has 200 valence electrons. The molecule has 2 aromatic carbocycles. The molecule has 4 heterocycles. The van der Waals surface area contributed by atoms with Crippen LogP contribution >= 0.6 is 0 Å². The Bertz CT molecular complexity index is 1450. The van der Waals surface area contributed by atoms with Crippen molar-refractivity contribution in [2.45, 2.75) is 58.0 Å². The molecule has 39 heavy (non-hydrogen) atoms. The van der Waals surface area contributed by atoms with E-state index < -0.39 is 0 Å². The second kappa shape index (κ2) is 10.1. The average molecular weight is 522 g/mol. The molecule has 7 rings (SSSR count). The fourth-order valence-corrected chi connectivity index (χ4v) is 6.53. The van der Waals surface area contributed by atoms with Gasteiger partial charge in [-0.25, -0.2) is 4.68 Å². The van der Waals surface area contributed by atoms with Gasteiger partial charge in [-0.3, -0.25) is 19.6 Å². The number of hydrogen-bond acceptors (Lipinski definition) is 6. The van der Waals surface area contributed by atoms with Gasteiger partial charge in [0.25, 0.3) is 5.91 Å². The van der Waals surface area contributed by atoms with E-state index in [0.717, 1.165) is 55.5 Å². The Morgan fingerprint density at radius 1 is 0.974 bits per heavy atom. The summed E-state index contributed by atoms with van der Waals surface area (Å²) in [6, 6.07) is 16.9. The van der Waals surface area contributed by atoms with Gasteiger partial charge in [0.15, 0.2) is 0 Å². The van der Waals surface area contributed by atoms with Crippen LogP contribution in [0.4, 0.5) is 0 Å². The fourth-order valence-electron chi connectivity index (χ4n) is 6.53. The van der Waals surface area contributed by atoms with E-state index in [2.05, 4.69) is 69.6 Å². The molecule has 1 aromatic heterocycles. The van der Waals surface area contributed by atoms with Crippen LogP contribution in [0.1, 0.15) is 60.4 Å². The Kier molecular flexibility index (Phi) is 6.27. The number of carbonyl (C=O) groups excluding carboxylic acids is 1. The van der Waals surface area contributed by atoms with E-state index in [1.807, 2.05) is 21.7 Å². The summed E-state index contributed by atoms with van der Waals surface area (Å²) in [4.78, 5) is 25.1. The van der Waals surface area contributed by atoms with Gasteiger partial charge in [0.05, 0.1) is 36.2 Å². The van der Waals surface area contributed by atoms with Crippen LogP contribution in [0.2, 0.25) is 0 Å². The highest BCUT2D eigenvalue weighted by atomic mass is 16.2. The Balaban J connectivity index is 1.06. The molecule has 1 aliphatic carbocycles. The highest BCUT2D eigenvalue weighted by Crippen LogP contribution is 2.34. The standard InChI is InChI=1S/C31H35N7O/c1-22-6-2-3-9-25(22)19-37-30(39)27-20-35(16-14-29(27)36-17-15-32-31(36)37)18-23-10-12-26(13-11-23)38-21-28(33-34-38)24-7-4-5-8-24/h2-3,6,9-13,21,24H,4-5,7-8,14-20H2,1H3. The van der Waals surface area contributed by atoms with Gasteiger partial charge < -0.3 is 4.90 Å². The second-order valence-corrected chi connectivity index (χ2v) is 11.3. The predicted molar refractivity (Wildman–Crippen MR) is 150 cm³/mol. The molecule has 8 heteroatoms. The van der Waals surface area contributed by atoms with Crippen molar-refractivity contribution in [3.05, 3.63) is 88.4 Å². The van der Waals surface area contributed by atoms with Crippen molar-refractivity contribution in [1.29, 1.82) is 0 Å². The number of carbonyl (C=O) groups is 1. The number of nitrogens with zero attached hydrogens (tertiary/aromatic N) is 7. The van der Waals surface area contributed by atoms with Crippen LogP contribution in [0.5, 0.6) is 0 Å². The van der Waals surface area contributed by atoms with E-state index >= 15 is 0 Å². The van der Waals surface area contributed by atoms with Crippen molar-refractivity contribution in [3.63, 3.8) is 0 Å². The van der Waals surface area contributed by atoms with Gasteiger partial charge in [0.2, 0.25) is 5.96 Å². The minimum atomic E-state index is 0.106. The van der Waals surface area contributed by atoms with Gasteiger partial charge >= 0.3 is 0 Å². The molecule has 4 aliphatic rings. The van der Waals surface area contributed by atoms with Crippen LogP contribution in [0.3, 0.4) is 0 Å². The largest absolute Gasteiger partial charge is 0.314 e. The van der Waals surface area contributed by atoms with Crippen molar-refractivity contribution < 1.29 is 4.79 Å². The minimum absolute atomic E-state index is 0.106. The molecule has 0 atom stereocenters. The van der Waals surface area contributed by atoms with Crippen molar-refractivity contribution >= 4 is 11.9 Å². The SMILES string of the molecule is Cc1ccccc1CN1C(=O)C2=C(CCN(Cc3ccc(-n4cc(C5CCCC5)nn4)cc3)C2)N2CCN=C12. The number of aryl methyl sites for hydroxylation is 1. The van der Waals surface area contributed by atoms with E-state index in [1.165, 1.54) is 48.1 Å². The van der Waals surface area contributed by atoms with Gasteiger partial charge in [-0.05, 0) is 48.6 Å². The zero-order chi connectivity index (χ0) is 26.3. The molecular weight excluding hydrogens is 486 g/mol. The topological polar surface area (TPSA) is 69.9 Å². The first-order valence-electron chi connectivity index (χ1n) is 14.3. The summed E-state index contributed by atoms with van der Waals surface area (Å²) in [6.07, 6.45) is 8.01. The Morgan fingerprint density at radius 3 is 2.62 bits per heavy atom. The maximum Gasteiger partial charge on any atom is 0.259 e. The molecule has 0 saturated heterocycles. The molecule has 0 spiro atoms. The third kappa shape index (κ3) is 4.56. The van der Waals surface area contributed by atoms with E-state index in [9.17, 15) is 4.79 Å². The number of aromatic nitrogens is 3. The molecule has 1 saturated carbocycles. The molecular formula is C31H35N7O. The molecule has 3 aromatic rings. The van der Waals surface area contributed by atoms with E-state index in [1.54, 1.807) is 0 Å². The first-order chi connectivity index (χ1) is 19.1. The van der Waals surface area contributed by atoms with Crippen molar-refractivity contribution in [2.24, 2.45) is 4.99 Å². The van der Waals surface area contributed by atoms with Gasteiger partial charge in [0, 0.05) is 44.2 Å². The molecule has 1 fully saturated rings. The van der Waals surface area contributed by atoms with Gasteiger partial charge in [-0.2, -0.15) is 0 Å². The van der Waals surface area contributed by atoms with Crippen LogP contribution in [0.15, 0.2) is 71.0 Å². The number of amides is 1. The van der Waals surface area contributed by atoms with E-state index in [-0.39, 0.29) is 5.91 Å². The van der Waals surface area contributed by atoms with E-state index in [4.69, 9.17) is 4.99 Å². The third-order valence-corrected chi connectivity index (χ3v) is 8.77. The lowest BCUT2D eigenvalue weighted by Crippen LogP contribution is -2.53. The lowest BCUT2D eigenvalue weighted by atomic mass is 9.99. The molecule has 0 bridgehead atoms.